The van der Waals surface area contributed by atoms with E-state index in [1.807, 2.05) is 37.3 Å². The number of nitrogens with two attached hydrogens (primary N) is 1. The van der Waals surface area contributed by atoms with Crippen LogP contribution in [0.4, 0.5) is 5.95 Å². The molecule has 32 heavy (non-hydrogen) atoms. The number of anilines is 1. The minimum absolute atomic E-state index is 0. The Morgan fingerprint density at radius 1 is 0.938 bits per heavy atom. The highest BCUT2D eigenvalue weighted by molar-refractivity contribution is 9.10. The van der Waals surface area contributed by atoms with Crippen LogP contribution in [0.5, 0.6) is 5.75 Å². The lowest BCUT2D eigenvalue weighted by Gasteiger charge is -2.05. The fraction of sp³-hybridized carbons (Fsp3) is 0.174. The summed E-state index contributed by atoms with van der Waals surface area (Å²) in [6.07, 6.45) is 0. The van der Waals surface area contributed by atoms with Gasteiger partial charge >= 0.3 is 5.95 Å². The van der Waals surface area contributed by atoms with Crippen molar-refractivity contribution in [2.45, 2.75) is 28.5 Å². The van der Waals surface area contributed by atoms with E-state index in [0.717, 1.165) is 31.7 Å². The van der Waals surface area contributed by atoms with Gasteiger partial charge in [0.25, 0.3) is 0 Å². The maximum atomic E-state index is 6.68. The van der Waals surface area contributed by atoms with Gasteiger partial charge in [-0.3, -0.25) is 5.73 Å². The lowest BCUT2D eigenvalue weighted by Crippen LogP contribution is -3.00. The Bertz CT molecular complexity index is 1220. The lowest BCUT2D eigenvalue weighted by molar-refractivity contribution is -0.635. The van der Waals surface area contributed by atoms with E-state index < -0.39 is 0 Å². The number of thioether (sulfide) groups is 2. The highest BCUT2D eigenvalue weighted by Gasteiger charge is 2.22. The van der Waals surface area contributed by atoms with Gasteiger partial charge in [-0.25, -0.2) is 9.13 Å². The summed E-state index contributed by atoms with van der Waals surface area (Å²) in [5.74, 6) is 2.99. The normalized spacial score (nSPS) is 10.8. The Morgan fingerprint density at radius 3 is 2.19 bits per heavy atom. The highest BCUT2D eigenvalue weighted by Crippen LogP contribution is 2.32. The molecule has 0 amide bonds. The van der Waals surface area contributed by atoms with E-state index in [1.165, 1.54) is 9.79 Å². The van der Waals surface area contributed by atoms with Crippen LogP contribution in [0.2, 0.25) is 0 Å². The van der Waals surface area contributed by atoms with Gasteiger partial charge in [-0.05, 0) is 75.2 Å². The van der Waals surface area contributed by atoms with Crippen molar-refractivity contribution in [3.05, 3.63) is 75.7 Å². The molecule has 168 valence electrons. The van der Waals surface area contributed by atoms with Crippen molar-refractivity contribution in [3.63, 3.8) is 0 Å². The average Bonchev–Trinajstić information content (AvgIpc) is 3.03. The van der Waals surface area contributed by atoms with E-state index in [1.54, 1.807) is 23.5 Å². The highest BCUT2D eigenvalue weighted by atomic mass is 79.9. The number of imidazole rings is 1. The van der Waals surface area contributed by atoms with Gasteiger partial charge < -0.3 is 17.1 Å². The third-order valence-corrected chi connectivity index (χ3v) is 8.78. The molecule has 0 saturated carbocycles. The zero-order valence-electron chi connectivity index (χ0n) is 17.3. The van der Waals surface area contributed by atoms with Crippen LogP contribution in [0.25, 0.3) is 11.0 Å². The Hall–Kier alpha value is -1.32. The summed E-state index contributed by atoms with van der Waals surface area (Å²) in [4.78, 5) is 2.36. The number of hydrogen-bond acceptors (Lipinski definition) is 4. The standard InChI is InChI=1S/C23H21Br2N3OS2.ClH/c1-2-29-16-11-12-19-20(13-16)28(15-31-22-10-6-4-8-18(22)25)23(26)27(19)14-30-21-9-5-3-7-17(21)24;/h3-13,26H,2,14-15H2,1H3;1H. The smallest absolute Gasteiger partial charge is 0.357 e. The molecule has 0 aliphatic heterocycles. The minimum atomic E-state index is 0. The summed E-state index contributed by atoms with van der Waals surface area (Å²) in [6, 6.07) is 22.7. The fourth-order valence-electron chi connectivity index (χ4n) is 3.26. The number of ether oxygens (including phenoxy) is 1. The first-order valence-corrected chi connectivity index (χ1v) is 13.3. The molecule has 4 aromatic rings. The monoisotopic (exact) mass is 613 g/mol. The number of fused-ring (bicyclic) bond motifs is 1. The van der Waals surface area contributed by atoms with Crippen LogP contribution >= 0.6 is 55.4 Å². The maximum absolute atomic E-state index is 6.68. The van der Waals surface area contributed by atoms with Crippen LogP contribution < -0.4 is 27.4 Å². The van der Waals surface area contributed by atoms with E-state index in [4.69, 9.17) is 10.5 Å². The summed E-state index contributed by atoms with van der Waals surface area (Å²) in [7, 11) is 0. The Labute approximate surface area is 219 Å². The SMILES string of the molecule is CCOc1ccc2c(c1)n(CSc1ccccc1Br)c(N)[n+]2CSc1ccccc1Br.[Cl-]. The average molecular weight is 616 g/mol. The first-order chi connectivity index (χ1) is 15.1. The summed E-state index contributed by atoms with van der Waals surface area (Å²) in [6.45, 7) is 2.63. The van der Waals surface area contributed by atoms with E-state index in [2.05, 4.69) is 77.4 Å². The van der Waals surface area contributed by atoms with Crippen LogP contribution in [0, 0.1) is 0 Å². The van der Waals surface area contributed by atoms with Gasteiger partial charge in [0.15, 0.2) is 0 Å². The molecule has 0 spiro atoms. The van der Waals surface area contributed by atoms with Crippen LogP contribution in [0.1, 0.15) is 6.92 Å². The molecule has 1 heterocycles. The molecule has 0 aliphatic rings. The van der Waals surface area contributed by atoms with E-state index >= 15 is 0 Å². The van der Waals surface area contributed by atoms with Gasteiger partial charge in [-0.1, -0.05) is 47.8 Å². The first-order valence-electron chi connectivity index (χ1n) is 9.77. The van der Waals surface area contributed by atoms with Gasteiger partial charge in [0, 0.05) is 24.8 Å². The molecular weight excluding hydrogens is 594 g/mol. The van der Waals surface area contributed by atoms with E-state index in [0.29, 0.717) is 18.4 Å². The fourth-order valence-corrected chi connectivity index (χ4v) is 6.36. The minimum Gasteiger partial charge on any atom is -1.00 e. The summed E-state index contributed by atoms with van der Waals surface area (Å²) in [5, 5.41) is 0. The van der Waals surface area contributed by atoms with Crippen LogP contribution in [0.15, 0.2) is 85.5 Å². The van der Waals surface area contributed by atoms with Crippen molar-refractivity contribution in [1.29, 1.82) is 0 Å². The quantitative estimate of drug-likeness (QED) is 0.241. The van der Waals surface area contributed by atoms with E-state index in [9.17, 15) is 0 Å². The Balaban J connectivity index is 0.00000289. The molecule has 1 aromatic heterocycles. The summed E-state index contributed by atoms with van der Waals surface area (Å²) in [5.41, 5.74) is 8.84. The van der Waals surface area contributed by atoms with Crippen molar-refractivity contribution < 1.29 is 21.7 Å². The van der Waals surface area contributed by atoms with Gasteiger partial charge in [0.2, 0.25) is 0 Å². The van der Waals surface area contributed by atoms with Crippen molar-refractivity contribution in [3.8, 4) is 5.75 Å². The molecule has 0 atom stereocenters. The molecular formula is C23H22Br2ClN3OS2. The summed E-state index contributed by atoms with van der Waals surface area (Å²) < 4.78 is 12.2. The molecule has 4 nitrogen and oxygen atoms in total. The molecule has 0 radical (unpaired) electrons. The van der Waals surface area contributed by atoms with Gasteiger partial charge in [-0.15, -0.1) is 0 Å². The summed E-state index contributed by atoms with van der Waals surface area (Å²) >= 11 is 10.8. The molecule has 4 rings (SSSR count). The maximum Gasteiger partial charge on any atom is 0.357 e. The molecule has 3 aromatic carbocycles. The second kappa shape index (κ2) is 11.7. The predicted octanol–water partition coefficient (Wildman–Crippen LogP) is 3.94. The van der Waals surface area contributed by atoms with Crippen LogP contribution in [0.3, 0.4) is 0 Å². The molecule has 0 fully saturated rings. The van der Waals surface area contributed by atoms with Crippen molar-refractivity contribution >= 4 is 72.4 Å². The van der Waals surface area contributed by atoms with Crippen LogP contribution in [-0.2, 0) is 11.8 Å². The molecule has 0 bridgehead atoms. The van der Waals surface area contributed by atoms with Gasteiger partial charge in [-0.2, -0.15) is 0 Å². The molecule has 0 aliphatic carbocycles. The molecule has 2 N–H and O–H groups in total. The number of nitrogen functional groups attached to an aromatic ring is 1. The number of nitrogens with zero attached hydrogens (tertiary/aromatic N) is 2. The third kappa shape index (κ3) is 5.59. The van der Waals surface area contributed by atoms with Crippen molar-refractivity contribution in [1.82, 2.24) is 4.57 Å². The number of rotatable bonds is 8. The third-order valence-electron chi connectivity index (χ3n) is 4.76. The Morgan fingerprint density at radius 2 is 1.56 bits per heavy atom. The lowest BCUT2D eigenvalue weighted by atomic mass is 10.3. The van der Waals surface area contributed by atoms with E-state index in [-0.39, 0.29) is 12.4 Å². The Kier molecular flexibility index (Phi) is 9.25. The van der Waals surface area contributed by atoms with Crippen molar-refractivity contribution in [2.75, 3.05) is 12.3 Å². The second-order valence-corrected chi connectivity index (χ2v) is 10.4. The zero-order chi connectivity index (χ0) is 21.8. The number of aromatic nitrogens is 2. The van der Waals surface area contributed by atoms with Crippen molar-refractivity contribution in [2.24, 2.45) is 0 Å². The topological polar surface area (TPSA) is 44.1 Å². The number of halogens is 3. The van der Waals surface area contributed by atoms with Gasteiger partial charge in [0.05, 0.1) is 6.61 Å². The number of benzene rings is 3. The molecule has 0 unspecified atom stereocenters. The van der Waals surface area contributed by atoms with Crippen LogP contribution in [-0.4, -0.2) is 11.2 Å². The zero-order valence-corrected chi connectivity index (χ0v) is 22.9. The molecule has 0 saturated heterocycles. The largest absolute Gasteiger partial charge is 1.00 e. The predicted molar refractivity (Wildman–Crippen MR) is 138 cm³/mol. The van der Waals surface area contributed by atoms with Gasteiger partial charge in [0.1, 0.15) is 28.5 Å². The molecule has 9 heteroatoms. The number of hydrogen-bond donors (Lipinski definition) is 1. The second-order valence-electron chi connectivity index (χ2n) is 6.71. The first kappa shape index (κ1) is 25.3.